The number of hydrogen-bond acceptors (Lipinski definition) is 4. The van der Waals surface area contributed by atoms with Gasteiger partial charge in [0.25, 0.3) is 0 Å². The van der Waals surface area contributed by atoms with Crippen molar-refractivity contribution in [3.05, 3.63) is 23.8 Å². The number of ether oxygens (including phenoxy) is 2. The summed E-state index contributed by atoms with van der Waals surface area (Å²) >= 11 is 0. The molecule has 1 saturated heterocycles. The van der Waals surface area contributed by atoms with Crippen molar-refractivity contribution in [1.29, 1.82) is 0 Å². The molecule has 6 heteroatoms. The number of hydrogen-bond donors (Lipinski definition) is 1. The topological polar surface area (TPSA) is 67.9 Å². The lowest BCUT2D eigenvalue weighted by molar-refractivity contribution is -0.129. The molecule has 1 aromatic rings. The number of carbonyl (C=O) groups excluding carboxylic acids is 2. The van der Waals surface area contributed by atoms with Crippen LogP contribution in [0.15, 0.2) is 18.2 Å². The zero-order chi connectivity index (χ0) is 19.9. The Kier molecular flexibility index (Phi) is 7.18. The summed E-state index contributed by atoms with van der Waals surface area (Å²) in [5, 5.41) is 3.20. The van der Waals surface area contributed by atoms with E-state index in [-0.39, 0.29) is 23.8 Å². The van der Waals surface area contributed by atoms with E-state index in [9.17, 15) is 9.59 Å². The normalized spacial score (nSPS) is 20.7. The van der Waals surface area contributed by atoms with E-state index < -0.39 is 0 Å². The Morgan fingerprint density at radius 2 is 1.82 bits per heavy atom. The predicted octanol–water partition coefficient (Wildman–Crippen LogP) is 2.93. The Bertz CT molecular complexity index is 683. The lowest BCUT2D eigenvalue weighted by Gasteiger charge is -2.20. The van der Waals surface area contributed by atoms with Crippen LogP contribution in [0.3, 0.4) is 0 Å². The highest BCUT2D eigenvalue weighted by Crippen LogP contribution is 2.28. The Morgan fingerprint density at radius 3 is 2.50 bits per heavy atom. The van der Waals surface area contributed by atoms with Crippen molar-refractivity contribution in [1.82, 2.24) is 10.2 Å². The van der Waals surface area contributed by atoms with Gasteiger partial charge in [-0.05, 0) is 37.0 Å². The number of rotatable bonds is 7. The summed E-state index contributed by atoms with van der Waals surface area (Å²) in [5.74, 6) is 1.28. The average Bonchev–Trinajstić information content (AvgIpc) is 2.90. The number of methoxy groups -OCH3 is 2. The van der Waals surface area contributed by atoms with E-state index in [0.29, 0.717) is 31.0 Å². The molecular formula is C22H32N2O4. The van der Waals surface area contributed by atoms with E-state index in [1.807, 2.05) is 23.1 Å². The summed E-state index contributed by atoms with van der Waals surface area (Å²) in [5.41, 5.74) is 1.08. The fraction of sp³-hybridized carbons (Fsp3) is 0.636. The van der Waals surface area contributed by atoms with Crippen molar-refractivity contribution >= 4 is 11.8 Å². The summed E-state index contributed by atoms with van der Waals surface area (Å²) in [6, 6.07) is 6.09. The van der Waals surface area contributed by atoms with Crippen molar-refractivity contribution < 1.29 is 19.1 Å². The Hall–Kier alpha value is -2.24. The number of carbonyl (C=O) groups is 2. The van der Waals surface area contributed by atoms with Gasteiger partial charge in [-0.25, -0.2) is 0 Å². The van der Waals surface area contributed by atoms with Crippen molar-refractivity contribution in [2.24, 2.45) is 5.92 Å². The van der Waals surface area contributed by atoms with Gasteiger partial charge >= 0.3 is 0 Å². The van der Waals surface area contributed by atoms with Crippen LogP contribution in [-0.4, -0.2) is 50.1 Å². The Labute approximate surface area is 167 Å². The van der Waals surface area contributed by atoms with E-state index in [0.717, 1.165) is 24.8 Å². The molecule has 0 radical (unpaired) electrons. The van der Waals surface area contributed by atoms with Crippen molar-refractivity contribution in [3.63, 3.8) is 0 Å². The van der Waals surface area contributed by atoms with Gasteiger partial charge in [-0.3, -0.25) is 9.59 Å². The maximum absolute atomic E-state index is 12.6. The first-order valence-corrected chi connectivity index (χ1v) is 10.4. The van der Waals surface area contributed by atoms with Gasteiger partial charge in [0.15, 0.2) is 11.5 Å². The smallest absolute Gasteiger partial charge is 0.225 e. The molecule has 0 unspecified atom stereocenters. The molecule has 0 bridgehead atoms. The van der Waals surface area contributed by atoms with E-state index in [4.69, 9.17) is 9.47 Å². The molecule has 3 rings (SSSR count). The molecule has 1 heterocycles. The largest absolute Gasteiger partial charge is 0.493 e. The van der Waals surface area contributed by atoms with Crippen LogP contribution in [0.4, 0.5) is 0 Å². The summed E-state index contributed by atoms with van der Waals surface area (Å²) in [6.07, 6.45) is 8.08. The van der Waals surface area contributed by atoms with Crippen LogP contribution in [-0.2, 0) is 16.0 Å². The first-order valence-electron chi connectivity index (χ1n) is 10.4. The molecule has 0 spiro atoms. The third-order valence-electron chi connectivity index (χ3n) is 5.91. The molecule has 6 nitrogen and oxygen atoms in total. The fourth-order valence-corrected chi connectivity index (χ4v) is 4.21. The van der Waals surface area contributed by atoms with Gasteiger partial charge < -0.3 is 19.7 Å². The summed E-state index contributed by atoms with van der Waals surface area (Å²) in [7, 11) is 3.23. The Morgan fingerprint density at radius 1 is 1.11 bits per heavy atom. The first kappa shape index (κ1) is 20.5. The molecule has 0 aromatic heterocycles. The molecule has 1 aliphatic heterocycles. The summed E-state index contributed by atoms with van der Waals surface area (Å²) in [6.45, 7) is 1.13. The van der Waals surface area contributed by atoms with Crippen LogP contribution >= 0.6 is 0 Å². The number of nitrogens with zero attached hydrogens (tertiary/aromatic N) is 1. The van der Waals surface area contributed by atoms with Crippen molar-refractivity contribution in [2.75, 3.05) is 27.3 Å². The SMILES string of the molecule is COc1ccc(CCN2C[C@H](C(=O)NC3CCCCCC3)CC2=O)cc1OC. The number of nitrogens with one attached hydrogen (secondary N) is 1. The number of benzene rings is 1. The fourth-order valence-electron chi connectivity index (χ4n) is 4.21. The van der Waals surface area contributed by atoms with Gasteiger partial charge in [0.2, 0.25) is 11.8 Å². The maximum Gasteiger partial charge on any atom is 0.225 e. The van der Waals surface area contributed by atoms with Gasteiger partial charge in [-0.2, -0.15) is 0 Å². The van der Waals surface area contributed by atoms with E-state index in [1.54, 1.807) is 14.2 Å². The second kappa shape index (κ2) is 9.80. The summed E-state index contributed by atoms with van der Waals surface area (Å²) < 4.78 is 10.6. The Balaban J connectivity index is 1.51. The molecule has 2 fully saturated rings. The lowest BCUT2D eigenvalue weighted by atomic mass is 10.0. The molecule has 1 aromatic carbocycles. The molecule has 1 atom stereocenters. The first-order chi connectivity index (χ1) is 13.6. The maximum atomic E-state index is 12.6. The highest BCUT2D eigenvalue weighted by atomic mass is 16.5. The van der Waals surface area contributed by atoms with Gasteiger partial charge in [-0.1, -0.05) is 31.7 Å². The minimum absolute atomic E-state index is 0.0499. The van der Waals surface area contributed by atoms with Crippen LogP contribution in [0.2, 0.25) is 0 Å². The predicted molar refractivity (Wildman–Crippen MR) is 108 cm³/mol. The van der Waals surface area contributed by atoms with Crippen molar-refractivity contribution in [3.8, 4) is 11.5 Å². The molecule has 1 N–H and O–H groups in total. The van der Waals surface area contributed by atoms with Crippen LogP contribution in [0.1, 0.15) is 50.5 Å². The highest BCUT2D eigenvalue weighted by molar-refractivity contribution is 5.89. The zero-order valence-corrected chi connectivity index (χ0v) is 17.0. The standard InChI is InChI=1S/C22H32N2O4/c1-27-19-10-9-16(13-20(19)28-2)11-12-24-15-17(14-21(24)25)22(26)23-18-7-5-3-4-6-8-18/h9-10,13,17-18H,3-8,11-12,14-15H2,1-2H3,(H,23,26)/t17-/m1/s1. The highest BCUT2D eigenvalue weighted by Gasteiger charge is 2.34. The second-order valence-electron chi connectivity index (χ2n) is 7.88. The number of amides is 2. The third kappa shape index (κ3) is 5.18. The van der Waals surface area contributed by atoms with Gasteiger partial charge in [-0.15, -0.1) is 0 Å². The van der Waals surface area contributed by atoms with E-state index >= 15 is 0 Å². The van der Waals surface area contributed by atoms with Crippen LogP contribution in [0.5, 0.6) is 11.5 Å². The monoisotopic (exact) mass is 388 g/mol. The molecular weight excluding hydrogens is 356 g/mol. The molecule has 1 aliphatic carbocycles. The second-order valence-corrected chi connectivity index (χ2v) is 7.88. The lowest BCUT2D eigenvalue weighted by Crippen LogP contribution is -2.39. The van der Waals surface area contributed by atoms with Crippen molar-refractivity contribution in [2.45, 2.75) is 57.4 Å². The van der Waals surface area contributed by atoms with E-state index in [2.05, 4.69) is 5.32 Å². The van der Waals surface area contributed by atoms with Gasteiger partial charge in [0, 0.05) is 25.6 Å². The van der Waals surface area contributed by atoms with E-state index in [1.165, 1.54) is 25.7 Å². The minimum Gasteiger partial charge on any atom is -0.493 e. The summed E-state index contributed by atoms with van der Waals surface area (Å²) in [4.78, 5) is 26.8. The molecule has 28 heavy (non-hydrogen) atoms. The number of likely N-dealkylation sites (tertiary alicyclic amines) is 1. The zero-order valence-electron chi connectivity index (χ0n) is 17.0. The molecule has 154 valence electrons. The van der Waals surface area contributed by atoms with Crippen LogP contribution < -0.4 is 14.8 Å². The molecule has 2 aliphatic rings. The average molecular weight is 389 g/mol. The van der Waals surface area contributed by atoms with Gasteiger partial charge in [0.1, 0.15) is 0 Å². The van der Waals surface area contributed by atoms with Crippen LogP contribution in [0.25, 0.3) is 0 Å². The molecule has 2 amide bonds. The third-order valence-corrected chi connectivity index (χ3v) is 5.91. The quantitative estimate of drug-likeness (QED) is 0.730. The minimum atomic E-state index is -0.221. The van der Waals surface area contributed by atoms with Crippen LogP contribution in [0, 0.1) is 5.92 Å². The molecule has 1 saturated carbocycles. The van der Waals surface area contributed by atoms with Gasteiger partial charge in [0.05, 0.1) is 20.1 Å².